The number of hydrogen-bond acceptors (Lipinski definition) is 4. The Hall–Kier alpha value is -1.40. The predicted octanol–water partition coefficient (Wildman–Crippen LogP) is 1.23. The summed E-state index contributed by atoms with van der Waals surface area (Å²) >= 11 is 0. The number of esters is 1. The molecule has 1 aromatic rings. The molecule has 1 atom stereocenters. The average molecular weight is 271 g/mol. The van der Waals surface area contributed by atoms with Crippen molar-refractivity contribution in [3.8, 4) is 0 Å². The van der Waals surface area contributed by atoms with E-state index in [0.29, 0.717) is 5.56 Å². The maximum Gasteiger partial charge on any atom is 0.328 e. The van der Waals surface area contributed by atoms with Crippen LogP contribution in [0.5, 0.6) is 0 Å². The van der Waals surface area contributed by atoms with Crippen molar-refractivity contribution < 1.29 is 17.9 Å². The third-order valence-electron chi connectivity index (χ3n) is 2.33. The van der Waals surface area contributed by atoms with Crippen LogP contribution in [0.25, 0.3) is 0 Å². The van der Waals surface area contributed by atoms with E-state index in [1.54, 1.807) is 37.3 Å². The molecule has 0 aliphatic carbocycles. The van der Waals surface area contributed by atoms with Gasteiger partial charge in [-0.1, -0.05) is 30.3 Å². The maximum absolute atomic E-state index is 11.8. The topological polar surface area (TPSA) is 72.5 Å². The van der Waals surface area contributed by atoms with E-state index in [1.165, 1.54) is 6.92 Å². The summed E-state index contributed by atoms with van der Waals surface area (Å²) in [5.41, 5.74) is 0.563. The van der Waals surface area contributed by atoms with Gasteiger partial charge in [0.15, 0.2) is 0 Å². The Kier molecular flexibility index (Phi) is 5.30. The molecule has 100 valence electrons. The number of nitrogens with one attached hydrogen (secondary N) is 1. The summed E-state index contributed by atoms with van der Waals surface area (Å²) in [4.78, 5) is 11.8. The fourth-order valence-electron chi connectivity index (χ4n) is 1.39. The van der Waals surface area contributed by atoms with Gasteiger partial charge in [0.05, 0.1) is 12.4 Å². The van der Waals surface area contributed by atoms with Crippen LogP contribution in [0.1, 0.15) is 25.5 Å². The van der Waals surface area contributed by atoms with Crippen LogP contribution >= 0.6 is 0 Å². The van der Waals surface area contributed by atoms with E-state index in [1.807, 2.05) is 0 Å². The van der Waals surface area contributed by atoms with Crippen LogP contribution in [0.4, 0.5) is 0 Å². The Morgan fingerprint density at radius 2 is 1.89 bits per heavy atom. The molecular formula is C12H17NO4S. The van der Waals surface area contributed by atoms with E-state index < -0.39 is 22.0 Å². The number of sulfonamides is 1. The Balaban J connectivity index is 3.00. The van der Waals surface area contributed by atoms with E-state index in [9.17, 15) is 13.2 Å². The summed E-state index contributed by atoms with van der Waals surface area (Å²) in [6.07, 6.45) is 0. The third-order valence-corrected chi connectivity index (χ3v) is 3.69. The van der Waals surface area contributed by atoms with Gasteiger partial charge in [0.2, 0.25) is 10.0 Å². The zero-order valence-corrected chi connectivity index (χ0v) is 11.2. The SMILES string of the molecule is CCOC(=O)C(NS(=O)(=O)CC)c1ccccc1. The van der Waals surface area contributed by atoms with E-state index in [4.69, 9.17) is 4.74 Å². The Bertz CT molecular complexity index is 484. The molecule has 1 N–H and O–H groups in total. The normalized spacial score (nSPS) is 13.0. The van der Waals surface area contributed by atoms with Gasteiger partial charge in [-0.15, -0.1) is 0 Å². The second-order valence-electron chi connectivity index (χ2n) is 3.62. The molecule has 0 radical (unpaired) electrons. The van der Waals surface area contributed by atoms with Crippen LogP contribution < -0.4 is 4.72 Å². The highest BCUT2D eigenvalue weighted by atomic mass is 32.2. The van der Waals surface area contributed by atoms with Crippen LogP contribution in [0.15, 0.2) is 30.3 Å². The monoisotopic (exact) mass is 271 g/mol. The van der Waals surface area contributed by atoms with E-state index in [-0.39, 0.29) is 12.4 Å². The number of ether oxygens (including phenoxy) is 1. The molecule has 0 aliphatic rings. The highest BCUT2D eigenvalue weighted by Gasteiger charge is 2.26. The molecule has 0 bridgehead atoms. The molecule has 1 unspecified atom stereocenters. The number of carbonyl (C=O) groups excluding carboxylic acids is 1. The molecule has 0 heterocycles. The lowest BCUT2D eigenvalue weighted by Crippen LogP contribution is -2.35. The second-order valence-corrected chi connectivity index (χ2v) is 5.66. The molecule has 0 aliphatic heterocycles. The van der Waals surface area contributed by atoms with Crippen LogP contribution in [0.3, 0.4) is 0 Å². The zero-order valence-electron chi connectivity index (χ0n) is 10.4. The highest BCUT2D eigenvalue weighted by molar-refractivity contribution is 7.89. The van der Waals surface area contributed by atoms with Crippen molar-refractivity contribution in [3.63, 3.8) is 0 Å². The van der Waals surface area contributed by atoms with E-state index >= 15 is 0 Å². The Morgan fingerprint density at radius 3 is 2.39 bits per heavy atom. The van der Waals surface area contributed by atoms with Crippen molar-refractivity contribution in [1.82, 2.24) is 4.72 Å². The molecule has 0 fully saturated rings. The van der Waals surface area contributed by atoms with Gasteiger partial charge in [0.25, 0.3) is 0 Å². The van der Waals surface area contributed by atoms with Gasteiger partial charge >= 0.3 is 5.97 Å². The van der Waals surface area contributed by atoms with Gasteiger partial charge < -0.3 is 4.74 Å². The Labute approximate surface area is 107 Å². The quantitative estimate of drug-likeness (QED) is 0.790. The van der Waals surface area contributed by atoms with E-state index in [0.717, 1.165) is 0 Å². The number of hydrogen-bond donors (Lipinski definition) is 1. The van der Waals surface area contributed by atoms with Crippen LogP contribution in [-0.4, -0.2) is 26.7 Å². The molecule has 0 aromatic heterocycles. The maximum atomic E-state index is 11.8. The molecular weight excluding hydrogens is 254 g/mol. The molecule has 0 saturated heterocycles. The second kappa shape index (κ2) is 6.51. The van der Waals surface area contributed by atoms with Crippen molar-refractivity contribution in [2.75, 3.05) is 12.4 Å². The van der Waals surface area contributed by atoms with Crippen molar-refractivity contribution >= 4 is 16.0 Å². The molecule has 0 amide bonds. The number of rotatable bonds is 6. The third kappa shape index (κ3) is 4.12. The van der Waals surface area contributed by atoms with Gasteiger partial charge in [-0.05, 0) is 19.4 Å². The lowest BCUT2D eigenvalue weighted by atomic mass is 10.1. The zero-order chi connectivity index (χ0) is 13.6. The van der Waals surface area contributed by atoms with E-state index in [2.05, 4.69) is 4.72 Å². The van der Waals surface area contributed by atoms with Crippen molar-refractivity contribution in [2.24, 2.45) is 0 Å². The first kappa shape index (κ1) is 14.7. The minimum atomic E-state index is -3.48. The van der Waals surface area contributed by atoms with Crippen molar-refractivity contribution in [3.05, 3.63) is 35.9 Å². The summed E-state index contributed by atoms with van der Waals surface area (Å²) in [7, 11) is -3.48. The number of carbonyl (C=O) groups is 1. The molecule has 1 aromatic carbocycles. The van der Waals surface area contributed by atoms with Crippen molar-refractivity contribution in [2.45, 2.75) is 19.9 Å². The summed E-state index contributed by atoms with van der Waals surface area (Å²) in [5, 5.41) is 0. The summed E-state index contributed by atoms with van der Waals surface area (Å²) in [6.45, 7) is 3.39. The molecule has 6 heteroatoms. The van der Waals surface area contributed by atoms with Crippen LogP contribution in [-0.2, 0) is 19.6 Å². The highest BCUT2D eigenvalue weighted by Crippen LogP contribution is 2.15. The summed E-state index contributed by atoms with van der Waals surface area (Å²) in [6, 6.07) is 7.64. The van der Waals surface area contributed by atoms with Gasteiger partial charge in [-0.25, -0.2) is 13.2 Å². The first-order chi connectivity index (χ1) is 8.50. The lowest BCUT2D eigenvalue weighted by Gasteiger charge is -2.17. The average Bonchev–Trinajstić information content (AvgIpc) is 2.37. The molecule has 1 rings (SSSR count). The molecule has 5 nitrogen and oxygen atoms in total. The van der Waals surface area contributed by atoms with Crippen LogP contribution in [0, 0.1) is 0 Å². The van der Waals surface area contributed by atoms with Crippen molar-refractivity contribution in [1.29, 1.82) is 0 Å². The predicted molar refractivity (Wildman–Crippen MR) is 68.4 cm³/mol. The standard InChI is InChI=1S/C12H17NO4S/c1-3-17-12(14)11(13-18(15,16)4-2)10-8-6-5-7-9-10/h5-9,11,13H,3-4H2,1-2H3. The van der Waals surface area contributed by atoms with Crippen LogP contribution in [0.2, 0.25) is 0 Å². The summed E-state index contributed by atoms with van der Waals surface area (Å²) < 4.78 is 30.4. The van der Waals surface area contributed by atoms with Gasteiger partial charge in [0, 0.05) is 0 Å². The first-order valence-corrected chi connectivity index (χ1v) is 7.37. The minimum Gasteiger partial charge on any atom is -0.465 e. The van der Waals surface area contributed by atoms with Gasteiger partial charge in [0.1, 0.15) is 6.04 Å². The fourth-order valence-corrected chi connectivity index (χ4v) is 2.14. The number of benzene rings is 1. The van der Waals surface area contributed by atoms with Gasteiger partial charge in [-0.3, -0.25) is 0 Å². The summed E-state index contributed by atoms with van der Waals surface area (Å²) in [5.74, 6) is -0.684. The molecule has 0 spiro atoms. The minimum absolute atomic E-state index is 0.0876. The fraction of sp³-hybridized carbons (Fsp3) is 0.417. The molecule has 18 heavy (non-hydrogen) atoms. The Morgan fingerprint density at radius 1 is 1.28 bits per heavy atom. The first-order valence-electron chi connectivity index (χ1n) is 5.71. The molecule has 0 saturated carbocycles. The smallest absolute Gasteiger partial charge is 0.328 e. The lowest BCUT2D eigenvalue weighted by molar-refractivity contribution is -0.145. The largest absolute Gasteiger partial charge is 0.465 e. The van der Waals surface area contributed by atoms with Gasteiger partial charge in [-0.2, -0.15) is 4.72 Å².